The monoisotopic (exact) mass is 266 g/mol. The standard InChI is InChI=1S/C12H14N2OS2/c1-15-6-8-5-13-11-10(9(8)7-3-4-7)17-12(14-11)16-2/h5,7H,3-4,6H2,1-2H3. The fraction of sp³-hybridized carbons (Fsp3) is 0.500. The van der Waals surface area contributed by atoms with Crippen molar-refractivity contribution in [2.75, 3.05) is 13.4 Å². The number of pyridine rings is 1. The molecule has 1 saturated carbocycles. The largest absolute Gasteiger partial charge is 0.380 e. The van der Waals surface area contributed by atoms with E-state index >= 15 is 0 Å². The predicted molar refractivity (Wildman–Crippen MR) is 71.9 cm³/mol. The summed E-state index contributed by atoms with van der Waals surface area (Å²) in [5.41, 5.74) is 3.58. The van der Waals surface area contributed by atoms with Crippen molar-refractivity contribution in [1.29, 1.82) is 0 Å². The highest BCUT2D eigenvalue weighted by molar-refractivity contribution is 8.00. The minimum absolute atomic E-state index is 0.654. The van der Waals surface area contributed by atoms with Crippen molar-refractivity contribution in [2.24, 2.45) is 0 Å². The summed E-state index contributed by atoms with van der Waals surface area (Å²) >= 11 is 3.46. The van der Waals surface area contributed by atoms with Crippen LogP contribution in [0.5, 0.6) is 0 Å². The smallest absolute Gasteiger partial charge is 0.171 e. The molecule has 0 aliphatic heterocycles. The third kappa shape index (κ3) is 2.07. The molecule has 0 atom stereocenters. The maximum Gasteiger partial charge on any atom is 0.171 e. The fourth-order valence-corrected chi connectivity index (χ4v) is 3.75. The molecule has 5 heteroatoms. The lowest BCUT2D eigenvalue weighted by Crippen LogP contribution is -1.96. The molecule has 1 fully saturated rings. The Labute approximate surface area is 109 Å². The Morgan fingerprint density at radius 3 is 3.00 bits per heavy atom. The number of fused-ring (bicyclic) bond motifs is 1. The van der Waals surface area contributed by atoms with E-state index in [0.717, 1.165) is 9.99 Å². The van der Waals surface area contributed by atoms with E-state index in [4.69, 9.17) is 4.74 Å². The molecule has 0 spiro atoms. The molecule has 0 radical (unpaired) electrons. The van der Waals surface area contributed by atoms with Crippen LogP contribution in [0.4, 0.5) is 0 Å². The summed E-state index contributed by atoms with van der Waals surface area (Å²) in [6, 6.07) is 0. The van der Waals surface area contributed by atoms with Gasteiger partial charge in [-0.05, 0) is 30.6 Å². The topological polar surface area (TPSA) is 35.0 Å². The Balaban J connectivity index is 2.18. The summed E-state index contributed by atoms with van der Waals surface area (Å²) in [5.74, 6) is 0.709. The van der Waals surface area contributed by atoms with Gasteiger partial charge in [-0.25, -0.2) is 9.97 Å². The number of hydrogen-bond donors (Lipinski definition) is 0. The van der Waals surface area contributed by atoms with E-state index in [1.54, 1.807) is 30.2 Å². The zero-order chi connectivity index (χ0) is 11.8. The van der Waals surface area contributed by atoms with Crippen molar-refractivity contribution in [2.45, 2.75) is 29.7 Å². The quantitative estimate of drug-likeness (QED) is 0.794. The predicted octanol–water partition coefficient (Wildman–Crippen LogP) is 3.44. The molecule has 0 bridgehead atoms. The molecule has 0 amide bonds. The van der Waals surface area contributed by atoms with E-state index < -0.39 is 0 Å². The summed E-state index contributed by atoms with van der Waals surface area (Å²) in [7, 11) is 1.74. The van der Waals surface area contributed by atoms with E-state index in [1.807, 2.05) is 6.20 Å². The molecule has 90 valence electrons. The molecule has 2 aromatic rings. The first-order valence-corrected chi connectivity index (χ1v) is 7.69. The van der Waals surface area contributed by atoms with E-state index in [9.17, 15) is 0 Å². The van der Waals surface area contributed by atoms with Gasteiger partial charge in [-0.2, -0.15) is 0 Å². The van der Waals surface area contributed by atoms with Crippen molar-refractivity contribution in [3.63, 3.8) is 0 Å². The van der Waals surface area contributed by atoms with Gasteiger partial charge in [0.05, 0.1) is 11.3 Å². The van der Waals surface area contributed by atoms with Gasteiger partial charge >= 0.3 is 0 Å². The van der Waals surface area contributed by atoms with Gasteiger partial charge in [0.25, 0.3) is 0 Å². The summed E-state index contributed by atoms with van der Waals surface area (Å²) in [5, 5.41) is 0. The van der Waals surface area contributed by atoms with E-state index in [-0.39, 0.29) is 0 Å². The molecule has 0 N–H and O–H groups in total. The van der Waals surface area contributed by atoms with Gasteiger partial charge in [-0.3, -0.25) is 0 Å². The Kier molecular flexibility index (Phi) is 3.06. The third-order valence-electron chi connectivity index (χ3n) is 2.98. The minimum Gasteiger partial charge on any atom is -0.380 e. The second-order valence-corrected chi connectivity index (χ2v) is 6.29. The number of ether oxygens (including phenoxy) is 1. The Morgan fingerprint density at radius 2 is 2.35 bits per heavy atom. The Bertz CT molecular complexity index is 549. The maximum atomic E-state index is 5.27. The van der Waals surface area contributed by atoms with Crippen molar-refractivity contribution in [1.82, 2.24) is 9.97 Å². The average molecular weight is 266 g/mol. The molecule has 1 aliphatic carbocycles. The summed E-state index contributed by atoms with van der Waals surface area (Å²) in [4.78, 5) is 8.98. The van der Waals surface area contributed by atoms with Gasteiger partial charge < -0.3 is 4.74 Å². The maximum absolute atomic E-state index is 5.27. The summed E-state index contributed by atoms with van der Waals surface area (Å²) in [6.45, 7) is 0.654. The fourth-order valence-electron chi connectivity index (χ4n) is 2.09. The molecule has 0 saturated heterocycles. The molecule has 3 nitrogen and oxygen atoms in total. The zero-order valence-electron chi connectivity index (χ0n) is 9.90. The summed E-state index contributed by atoms with van der Waals surface area (Å²) < 4.78 is 7.64. The van der Waals surface area contributed by atoms with E-state index in [2.05, 4.69) is 16.2 Å². The van der Waals surface area contributed by atoms with Crippen LogP contribution in [0.2, 0.25) is 0 Å². The summed E-state index contributed by atoms with van der Waals surface area (Å²) in [6.07, 6.45) is 6.58. The number of methoxy groups -OCH3 is 1. The number of nitrogens with zero attached hydrogens (tertiary/aromatic N) is 2. The second-order valence-electron chi connectivity index (χ2n) is 4.24. The second kappa shape index (κ2) is 4.55. The molecule has 2 heterocycles. The normalized spacial score (nSPS) is 15.6. The van der Waals surface area contributed by atoms with Crippen LogP contribution in [0.25, 0.3) is 10.3 Å². The minimum atomic E-state index is 0.654. The Morgan fingerprint density at radius 1 is 1.53 bits per heavy atom. The van der Waals surface area contributed by atoms with Crippen LogP contribution in [-0.2, 0) is 11.3 Å². The van der Waals surface area contributed by atoms with Crippen LogP contribution >= 0.6 is 23.1 Å². The number of thioether (sulfide) groups is 1. The van der Waals surface area contributed by atoms with Crippen LogP contribution in [-0.4, -0.2) is 23.3 Å². The molecule has 0 aromatic carbocycles. The van der Waals surface area contributed by atoms with Gasteiger partial charge in [0.1, 0.15) is 0 Å². The molecule has 1 aliphatic rings. The molecule has 17 heavy (non-hydrogen) atoms. The first kappa shape index (κ1) is 11.4. The van der Waals surface area contributed by atoms with Crippen LogP contribution in [0.15, 0.2) is 10.5 Å². The number of thiazole rings is 1. The molecule has 2 aromatic heterocycles. The van der Waals surface area contributed by atoms with Gasteiger partial charge in [0.15, 0.2) is 9.99 Å². The van der Waals surface area contributed by atoms with Crippen molar-refractivity contribution >= 4 is 33.4 Å². The van der Waals surface area contributed by atoms with Gasteiger partial charge in [-0.15, -0.1) is 11.3 Å². The first-order valence-electron chi connectivity index (χ1n) is 5.64. The van der Waals surface area contributed by atoms with Crippen molar-refractivity contribution < 1.29 is 4.74 Å². The molecular weight excluding hydrogens is 252 g/mol. The highest BCUT2D eigenvalue weighted by atomic mass is 32.2. The molecular formula is C12H14N2OS2. The molecule has 0 unspecified atom stereocenters. The number of aromatic nitrogens is 2. The Hall–Kier alpha value is -0.650. The van der Waals surface area contributed by atoms with Gasteiger partial charge in [0.2, 0.25) is 0 Å². The first-order chi connectivity index (χ1) is 8.33. The lowest BCUT2D eigenvalue weighted by Gasteiger charge is -2.07. The van der Waals surface area contributed by atoms with E-state index in [0.29, 0.717) is 12.5 Å². The highest BCUT2D eigenvalue weighted by Crippen LogP contribution is 2.46. The van der Waals surface area contributed by atoms with Crippen LogP contribution in [0.3, 0.4) is 0 Å². The highest BCUT2D eigenvalue weighted by Gasteiger charge is 2.29. The molecule has 3 rings (SSSR count). The van der Waals surface area contributed by atoms with E-state index in [1.165, 1.54) is 28.7 Å². The van der Waals surface area contributed by atoms with Crippen LogP contribution < -0.4 is 0 Å². The van der Waals surface area contributed by atoms with Crippen LogP contribution in [0, 0.1) is 0 Å². The van der Waals surface area contributed by atoms with Crippen LogP contribution in [0.1, 0.15) is 29.9 Å². The third-order valence-corrected chi connectivity index (χ3v) is 5.05. The van der Waals surface area contributed by atoms with Gasteiger partial charge in [-0.1, -0.05) is 11.8 Å². The van der Waals surface area contributed by atoms with Crippen molar-refractivity contribution in [3.8, 4) is 0 Å². The zero-order valence-corrected chi connectivity index (χ0v) is 11.5. The van der Waals surface area contributed by atoms with Gasteiger partial charge in [0, 0.05) is 18.9 Å². The lowest BCUT2D eigenvalue weighted by atomic mass is 10.1. The lowest BCUT2D eigenvalue weighted by molar-refractivity contribution is 0.184. The average Bonchev–Trinajstić information content (AvgIpc) is 3.07. The number of rotatable bonds is 4. The number of hydrogen-bond acceptors (Lipinski definition) is 5. The SMILES string of the molecule is COCc1cnc2nc(SC)sc2c1C1CC1. The van der Waals surface area contributed by atoms with Crippen molar-refractivity contribution in [3.05, 3.63) is 17.3 Å².